The second kappa shape index (κ2) is 7.06. The summed E-state index contributed by atoms with van der Waals surface area (Å²) in [6, 6.07) is 7.35. The Labute approximate surface area is 124 Å². The molecule has 2 rings (SSSR count). The molecular weight excluding hydrogens is 294 g/mol. The number of hydrogen-bond donors (Lipinski definition) is 2. The lowest BCUT2D eigenvalue weighted by atomic mass is 10.3. The Morgan fingerprint density at radius 1 is 1.25 bits per heavy atom. The van der Waals surface area contributed by atoms with E-state index < -0.39 is 0 Å². The van der Waals surface area contributed by atoms with E-state index in [0.29, 0.717) is 10.9 Å². The van der Waals surface area contributed by atoms with Crippen LogP contribution < -0.4 is 10.6 Å². The first-order chi connectivity index (χ1) is 9.63. The van der Waals surface area contributed by atoms with Gasteiger partial charge >= 0.3 is 0 Å². The lowest BCUT2D eigenvalue weighted by Crippen LogP contribution is -2.13. The highest BCUT2D eigenvalue weighted by atomic mass is 32.2. The molecule has 0 atom stereocenters. The third-order valence-corrected chi connectivity index (χ3v) is 3.92. The molecule has 1 aromatic carbocycles. The van der Waals surface area contributed by atoms with E-state index in [2.05, 4.69) is 15.6 Å². The second-order valence-corrected chi connectivity index (χ2v) is 5.82. The van der Waals surface area contributed by atoms with Crippen molar-refractivity contribution in [1.29, 1.82) is 0 Å². The highest BCUT2D eigenvalue weighted by molar-refractivity contribution is 8.00. The minimum Gasteiger partial charge on any atom is -0.326 e. The van der Waals surface area contributed by atoms with Crippen LogP contribution in [-0.4, -0.2) is 22.6 Å². The standard InChI is InChI=1S/C13H13N3O2S2/c1-9(17)15-10-2-4-11(5-3-10)20-8-12(18)16-13-14-6-7-19-13/h2-7H,8H2,1H3,(H,15,17)(H,14,16,18). The Kier molecular flexibility index (Phi) is 5.14. The number of amides is 2. The zero-order valence-electron chi connectivity index (χ0n) is 10.8. The first-order valence-corrected chi connectivity index (χ1v) is 7.70. The predicted molar refractivity (Wildman–Crippen MR) is 82.2 cm³/mol. The molecule has 0 aliphatic carbocycles. The van der Waals surface area contributed by atoms with Gasteiger partial charge in [0.1, 0.15) is 0 Å². The monoisotopic (exact) mass is 307 g/mol. The molecule has 20 heavy (non-hydrogen) atoms. The number of thioether (sulfide) groups is 1. The van der Waals surface area contributed by atoms with E-state index in [9.17, 15) is 9.59 Å². The molecule has 0 saturated heterocycles. The summed E-state index contributed by atoms with van der Waals surface area (Å²) in [5, 5.41) is 7.83. The van der Waals surface area contributed by atoms with Crippen molar-refractivity contribution in [3.05, 3.63) is 35.8 Å². The van der Waals surface area contributed by atoms with Crippen LogP contribution in [0.2, 0.25) is 0 Å². The fourth-order valence-electron chi connectivity index (χ4n) is 1.43. The maximum absolute atomic E-state index is 11.7. The molecule has 0 aliphatic rings. The van der Waals surface area contributed by atoms with Crippen molar-refractivity contribution in [3.8, 4) is 0 Å². The molecule has 0 bridgehead atoms. The molecule has 104 valence electrons. The third kappa shape index (κ3) is 4.67. The maximum atomic E-state index is 11.7. The first-order valence-electron chi connectivity index (χ1n) is 5.83. The summed E-state index contributed by atoms with van der Waals surface area (Å²) in [4.78, 5) is 27.5. The van der Waals surface area contributed by atoms with Crippen molar-refractivity contribution >= 4 is 45.7 Å². The van der Waals surface area contributed by atoms with Crippen molar-refractivity contribution < 1.29 is 9.59 Å². The van der Waals surface area contributed by atoms with Crippen LogP contribution >= 0.6 is 23.1 Å². The van der Waals surface area contributed by atoms with Gasteiger partial charge in [-0.25, -0.2) is 4.98 Å². The quantitative estimate of drug-likeness (QED) is 0.833. The zero-order valence-corrected chi connectivity index (χ0v) is 12.4. The highest BCUT2D eigenvalue weighted by Gasteiger charge is 2.05. The molecule has 0 radical (unpaired) electrons. The summed E-state index contributed by atoms with van der Waals surface area (Å²) in [7, 11) is 0. The molecule has 7 heteroatoms. The molecule has 2 N–H and O–H groups in total. The van der Waals surface area contributed by atoms with Gasteiger partial charge in [-0.3, -0.25) is 9.59 Å². The van der Waals surface area contributed by atoms with Crippen LogP contribution in [-0.2, 0) is 9.59 Å². The van der Waals surface area contributed by atoms with Gasteiger partial charge in [-0.05, 0) is 24.3 Å². The Hall–Kier alpha value is -1.86. The van der Waals surface area contributed by atoms with Gasteiger partial charge in [-0.15, -0.1) is 23.1 Å². The normalized spacial score (nSPS) is 10.1. The number of anilines is 2. The van der Waals surface area contributed by atoms with Crippen molar-refractivity contribution in [2.45, 2.75) is 11.8 Å². The average Bonchev–Trinajstić information content (AvgIpc) is 2.90. The second-order valence-electron chi connectivity index (χ2n) is 3.88. The molecule has 0 aliphatic heterocycles. The van der Waals surface area contributed by atoms with E-state index in [-0.39, 0.29) is 11.8 Å². The van der Waals surface area contributed by atoms with Crippen molar-refractivity contribution in [2.24, 2.45) is 0 Å². The van der Waals surface area contributed by atoms with E-state index in [0.717, 1.165) is 10.6 Å². The van der Waals surface area contributed by atoms with Crippen LogP contribution in [0.1, 0.15) is 6.92 Å². The lowest BCUT2D eigenvalue weighted by molar-refractivity contribution is -0.114. The summed E-state index contributed by atoms with van der Waals surface area (Å²) >= 11 is 2.82. The zero-order chi connectivity index (χ0) is 14.4. The van der Waals surface area contributed by atoms with E-state index in [1.165, 1.54) is 30.0 Å². The third-order valence-electron chi connectivity index (χ3n) is 2.22. The molecule has 0 saturated carbocycles. The summed E-state index contributed by atoms with van der Waals surface area (Å²) in [6.45, 7) is 1.46. The molecule has 2 aromatic rings. The van der Waals surface area contributed by atoms with Gasteiger partial charge in [0.2, 0.25) is 11.8 Å². The maximum Gasteiger partial charge on any atom is 0.236 e. The molecule has 2 amide bonds. The minimum atomic E-state index is -0.103. The van der Waals surface area contributed by atoms with Crippen LogP contribution in [0, 0.1) is 0 Å². The minimum absolute atomic E-state index is 0.0871. The van der Waals surface area contributed by atoms with E-state index in [4.69, 9.17) is 0 Å². The van der Waals surface area contributed by atoms with Crippen LogP contribution in [0.5, 0.6) is 0 Å². The number of carbonyl (C=O) groups is 2. The molecule has 5 nitrogen and oxygen atoms in total. The van der Waals surface area contributed by atoms with Gasteiger partial charge in [0, 0.05) is 29.1 Å². The van der Waals surface area contributed by atoms with Gasteiger partial charge in [0.05, 0.1) is 5.75 Å². The number of carbonyl (C=O) groups excluding carboxylic acids is 2. The Morgan fingerprint density at radius 3 is 2.60 bits per heavy atom. The molecule has 1 aromatic heterocycles. The van der Waals surface area contributed by atoms with Crippen LogP contribution in [0.4, 0.5) is 10.8 Å². The van der Waals surface area contributed by atoms with Gasteiger partial charge in [0.25, 0.3) is 0 Å². The number of hydrogen-bond acceptors (Lipinski definition) is 5. The number of aromatic nitrogens is 1. The average molecular weight is 307 g/mol. The first kappa shape index (κ1) is 14.5. The number of benzene rings is 1. The molecule has 0 fully saturated rings. The molecular formula is C13H13N3O2S2. The number of thiazole rings is 1. The van der Waals surface area contributed by atoms with E-state index in [1.807, 2.05) is 29.6 Å². The Balaban J connectivity index is 1.81. The Bertz CT molecular complexity index is 582. The molecule has 0 unspecified atom stereocenters. The molecule has 0 spiro atoms. The Morgan fingerprint density at radius 2 is 2.00 bits per heavy atom. The van der Waals surface area contributed by atoms with Gasteiger partial charge in [-0.1, -0.05) is 0 Å². The largest absolute Gasteiger partial charge is 0.326 e. The van der Waals surface area contributed by atoms with Crippen molar-refractivity contribution in [1.82, 2.24) is 4.98 Å². The summed E-state index contributed by atoms with van der Waals surface area (Å²) in [6.07, 6.45) is 1.65. The van der Waals surface area contributed by atoms with Gasteiger partial charge in [-0.2, -0.15) is 0 Å². The lowest BCUT2D eigenvalue weighted by Gasteiger charge is -2.04. The summed E-state index contributed by atoms with van der Waals surface area (Å²) in [5.41, 5.74) is 0.745. The topological polar surface area (TPSA) is 71.1 Å². The van der Waals surface area contributed by atoms with Gasteiger partial charge in [0.15, 0.2) is 5.13 Å². The summed E-state index contributed by atoms with van der Waals surface area (Å²) in [5.74, 6) is 0.128. The smallest absolute Gasteiger partial charge is 0.236 e. The van der Waals surface area contributed by atoms with Crippen molar-refractivity contribution in [3.63, 3.8) is 0 Å². The van der Waals surface area contributed by atoms with Crippen LogP contribution in [0.25, 0.3) is 0 Å². The number of nitrogens with one attached hydrogen (secondary N) is 2. The van der Waals surface area contributed by atoms with E-state index in [1.54, 1.807) is 6.20 Å². The number of nitrogens with zero attached hydrogens (tertiary/aromatic N) is 1. The van der Waals surface area contributed by atoms with Gasteiger partial charge < -0.3 is 10.6 Å². The summed E-state index contributed by atoms with van der Waals surface area (Å²) < 4.78 is 0. The van der Waals surface area contributed by atoms with E-state index >= 15 is 0 Å². The fraction of sp³-hybridized carbons (Fsp3) is 0.154. The van der Waals surface area contributed by atoms with Crippen molar-refractivity contribution in [2.75, 3.05) is 16.4 Å². The fourth-order valence-corrected chi connectivity index (χ4v) is 2.67. The predicted octanol–water partition coefficient (Wildman–Crippen LogP) is 2.83. The molecule has 1 heterocycles. The van der Waals surface area contributed by atoms with Crippen LogP contribution in [0.15, 0.2) is 40.7 Å². The van der Waals surface area contributed by atoms with Crippen LogP contribution in [0.3, 0.4) is 0 Å². The number of rotatable bonds is 5. The SMILES string of the molecule is CC(=O)Nc1ccc(SCC(=O)Nc2nccs2)cc1. The highest BCUT2D eigenvalue weighted by Crippen LogP contribution is 2.21.